The Labute approximate surface area is 123 Å². The summed E-state index contributed by atoms with van der Waals surface area (Å²) in [6.07, 6.45) is 2.74. The molecule has 6 heteroatoms. The summed E-state index contributed by atoms with van der Waals surface area (Å²) in [5.41, 5.74) is 0.798. The van der Waals surface area contributed by atoms with Crippen molar-refractivity contribution < 1.29 is 13.6 Å². The number of pyridine rings is 1. The second kappa shape index (κ2) is 5.26. The highest BCUT2D eigenvalue weighted by molar-refractivity contribution is 6.36. The van der Waals surface area contributed by atoms with E-state index in [0.717, 1.165) is 6.07 Å². The molecule has 3 rings (SSSR count). The normalized spacial score (nSPS) is 11.0. The number of aromatic amines is 1. The fourth-order valence-corrected chi connectivity index (χ4v) is 2.44. The highest BCUT2D eigenvalue weighted by atomic mass is 35.5. The molecule has 3 nitrogen and oxygen atoms in total. The van der Waals surface area contributed by atoms with E-state index < -0.39 is 11.6 Å². The van der Waals surface area contributed by atoms with Crippen LogP contribution < -0.4 is 0 Å². The van der Waals surface area contributed by atoms with Gasteiger partial charge in [-0.05, 0) is 17.7 Å². The molecule has 0 fully saturated rings. The van der Waals surface area contributed by atoms with Crippen molar-refractivity contribution in [2.45, 2.75) is 6.42 Å². The molecule has 0 aliphatic carbocycles. The summed E-state index contributed by atoms with van der Waals surface area (Å²) in [4.78, 5) is 19.2. The van der Waals surface area contributed by atoms with Gasteiger partial charge >= 0.3 is 0 Å². The van der Waals surface area contributed by atoms with Crippen LogP contribution in [-0.4, -0.2) is 15.8 Å². The van der Waals surface area contributed by atoms with Gasteiger partial charge in [0.25, 0.3) is 0 Å². The van der Waals surface area contributed by atoms with Gasteiger partial charge in [-0.15, -0.1) is 0 Å². The summed E-state index contributed by atoms with van der Waals surface area (Å²) >= 11 is 6.06. The Morgan fingerprint density at radius 1 is 1.29 bits per heavy atom. The van der Waals surface area contributed by atoms with E-state index in [9.17, 15) is 13.6 Å². The molecular weight excluding hydrogens is 298 g/mol. The van der Waals surface area contributed by atoms with Crippen molar-refractivity contribution in [1.82, 2.24) is 9.97 Å². The number of carbonyl (C=O) groups excluding carboxylic acids is 1. The molecule has 1 N–H and O–H groups in total. The molecule has 2 heterocycles. The highest BCUT2D eigenvalue weighted by Gasteiger charge is 2.18. The molecule has 0 unspecified atom stereocenters. The van der Waals surface area contributed by atoms with Gasteiger partial charge in [-0.1, -0.05) is 23.7 Å². The third-order valence-corrected chi connectivity index (χ3v) is 3.52. The van der Waals surface area contributed by atoms with Crippen molar-refractivity contribution in [3.05, 3.63) is 64.4 Å². The van der Waals surface area contributed by atoms with Crippen LogP contribution in [0.15, 0.2) is 36.7 Å². The zero-order valence-electron chi connectivity index (χ0n) is 10.7. The molecule has 0 amide bonds. The molecule has 3 aromatic rings. The maximum absolute atomic E-state index is 13.6. The van der Waals surface area contributed by atoms with Crippen LogP contribution in [0.25, 0.3) is 11.0 Å². The average molecular weight is 307 g/mol. The Balaban J connectivity index is 2.00. The minimum absolute atomic E-state index is 0.00867. The van der Waals surface area contributed by atoms with Crippen LogP contribution in [-0.2, 0) is 6.42 Å². The number of ketones is 1. The lowest BCUT2D eigenvalue weighted by molar-refractivity contribution is 0.0993. The smallest absolute Gasteiger partial charge is 0.169 e. The van der Waals surface area contributed by atoms with Gasteiger partial charge in [0.1, 0.15) is 5.65 Å². The summed E-state index contributed by atoms with van der Waals surface area (Å²) in [7, 11) is 0. The van der Waals surface area contributed by atoms with Gasteiger partial charge in [0.15, 0.2) is 17.4 Å². The van der Waals surface area contributed by atoms with E-state index in [1.807, 2.05) is 0 Å². The van der Waals surface area contributed by atoms with E-state index in [1.165, 1.54) is 24.5 Å². The molecular formula is C15H9ClF2N2O. The second-order valence-corrected chi connectivity index (χ2v) is 4.94. The second-order valence-electron chi connectivity index (χ2n) is 4.53. The number of benzene rings is 1. The van der Waals surface area contributed by atoms with Crippen molar-refractivity contribution in [2.24, 2.45) is 0 Å². The van der Waals surface area contributed by atoms with Crippen molar-refractivity contribution in [3.63, 3.8) is 0 Å². The zero-order chi connectivity index (χ0) is 15.0. The molecule has 1 aromatic carbocycles. The molecule has 2 aromatic heterocycles. The predicted molar refractivity (Wildman–Crippen MR) is 75.5 cm³/mol. The van der Waals surface area contributed by atoms with E-state index >= 15 is 0 Å². The van der Waals surface area contributed by atoms with Crippen LogP contribution in [0.1, 0.15) is 15.9 Å². The lowest BCUT2D eigenvalue weighted by Gasteiger charge is -2.03. The first kappa shape index (κ1) is 13.7. The lowest BCUT2D eigenvalue weighted by atomic mass is 10.0. The number of fused-ring (bicyclic) bond motifs is 1. The first-order chi connectivity index (χ1) is 10.1. The number of hydrogen-bond donors (Lipinski definition) is 1. The lowest BCUT2D eigenvalue weighted by Crippen LogP contribution is -2.06. The fourth-order valence-electron chi connectivity index (χ4n) is 2.19. The highest BCUT2D eigenvalue weighted by Crippen LogP contribution is 2.26. The van der Waals surface area contributed by atoms with Gasteiger partial charge in [0, 0.05) is 29.8 Å². The molecule has 0 radical (unpaired) electrons. The SMILES string of the molecule is O=C(Cc1cccc(F)c1F)c1c[nH]c2nccc(Cl)c12. The van der Waals surface area contributed by atoms with E-state index in [1.54, 1.807) is 6.07 Å². The Morgan fingerprint density at radius 3 is 2.90 bits per heavy atom. The van der Waals surface area contributed by atoms with Gasteiger partial charge in [-0.3, -0.25) is 4.79 Å². The summed E-state index contributed by atoms with van der Waals surface area (Å²) in [6.45, 7) is 0. The number of nitrogens with zero attached hydrogens (tertiary/aromatic N) is 1. The molecule has 106 valence electrons. The minimum atomic E-state index is -1.00. The standard InChI is InChI=1S/C15H9ClF2N2O/c16-10-4-5-19-15-13(10)9(7-20-15)12(21)6-8-2-1-3-11(17)14(8)18/h1-5,7H,6H2,(H,19,20). The average Bonchev–Trinajstić information content (AvgIpc) is 2.89. The Kier molecular flexibility index (Phi) is 3.43. The zero-order valence-corrected chi connectivity index (χ0v) is 11.4. The Bertz CT molecular complexity index is 845. The van der Waals surface area contributed by atoms with E-state index in [-0.39, 0.29) is 17.8 Å². The number of nitrogens with one attached hydrogen (secondary N) is 1. The van der Waals surface area contributed by atoms with Gasteiger partial charge in [-0.2, -0.15) is 0 Å². The van der Waals surface area contributed by atoms with Crippen LogP contribution in [0.3, 0.4) is 0 Å². The number of carbonyl (C=O) groups is 1. The number of hydrogen-bond acceptors (Lipinski definition) is 2. The third kappa shape index (κ3) is 2.40. The van der Waals surface area contributed by atoms with Crippen LogP contribution in [0.5, 0.6) is 0 Å². The number of rotatable bonds is 3. The van der Waals surface area contributed by atoms with Gasteiger partial charge in [0.05, 0.1) is 5.02 Å². The Morgan fingerprint density at radius 2 is 2.10 bits per heavy atom. The van der Waals surface area contributed by atoms with E-state index in [0.29, 0.717) is 21.6 Å². The predicted octanol–water partition coefficient (Wildman–Crippen LogP) is 3.92. The van der Waals surface area contributed by atoms with Crippen molar-refractivity contribution in [2.75, 3.05) is 0 Å². The molecule has 0 spiro atoms. The van der Waals surface area contributed by atoms with Crippen molar-refractivity contribution in [3.8, 4) is 0 Å². The number of Topliss-reactive ketones (excluding diaryl/α,β-unsaturated/α-hetero) is 1. The van der Waals surface area contributed by atoms with Crippen molar-refractivity contribution >= 4 is 28.4 Å². The molecule has 0 aliphatic rings. The summed E-state index contributed by atoms with van der Waals surface area (Å²) in [5.74, 6) is -2.34. The topological polar surface area (TPSA) is 45.8 Å². The fraction of sp³-hybridized carbons (Fsp3) is 0.0667. The van der Waals surface area contributed by atoms with E-state index in [2.05, 4.69) is 9.97 Å². The molecule has 0 saturated carbocycles. The van der Waals surface area contributed by atoms with E-state index in [4.69, 9.17) is 11.6 Å². The number of halogens is 3. The minimum Gasteiger partial charge on any atom is -0.345 e. The molecule has 21 heavy (non-hydrogen) atoms. The molecule has 0 bridgehead atoms. The summed E-state index contributed by atoms with van der Waals surface area (Å²) < 4.78 is 26.8. The quantitative estimate of drug-likeness (QED) is 0.745. The summed E-state index contributed by atoms with van der Waals surface area (Å²) in [5, 5.41) is 0.866. The largest absolute Gasteiger partial charge is 0.345 e. The van der Waals surface area contributed by atoms with Crippen molar-refractivity contribution in [1.29, 1.82) is 0 Å². The van der Waals surface area contributed by atoms with Crippen LogP contribution in [0, 0.1) is 11.6 Å². The molecule has 0 atom stereocenters. The van der Waals surface area contributed by atoms with Crippen LogP contribution in [0.2, 0.25) is 5.02 Å². The first-order valence-corrected chi connectivity index (χ1v) is 6.53. The molecule has 0 aliphatic heterocycles. The van der Waals surface area contributed by atoms with Gasteiger partial charge in [0.2, 0.25) is 0 Å². The first-order valence-electron chi connectivity index (χ1n) is 6.15. The number of aromatic nitrogens is 2. The van der Waals surface area contributed by atoms with Crippen LogP contribution >= 0.6 is 11.6 Å². The number of H-pyrrole nitrogens is 1. The molecule has 0 saturated heterocycles. The van der Waals surface area contributed by atoms with Crippen LogP contribution in [0.4, 0.5) is 8.78 Å². The van der Waals surface area contributed by atoms with Gasteiger partial charge < -0.3 is 4.98 Å². The monoisotopic (exact) mass is 306 g/mol. The van der Waals surface area contributed by atoms with Gasteiger partial charge in [-0.25, -0.2) is 13.8 Å². The third-order valence-electron chi connectivity index (χ3n) is 3.21. The summed E-state index contributed by atoms with van der Waals surface area (Å²) in [6, 6.07) is 5.32. The Hall–Kier alpha value is -2.27. The maximum atomic E-state index is 13.6. The maximum Gasteiger partial charge on any atom is 0.169 e.